The Bertz CT molecular complexity index is 597. The van der Waals surface area contributed by atoms with Crippen molar-refractivity contribution in [3.8, 4) is 0 Å². The van der Waals surface area contributed by atoms with Gasteiger partial charge in [0, 0.05) is 18.0 Å². The van der Waals surface area contributed by atoms with Gasteiger partial charge in [-0.1, -0.05) is 35.5 Å². The molecule has 0 saturated heterocycles. The predicted octanol–water partition coefficient (Wildman–Crippen LogP) is 2.41. The highest BCUT2D eigenvalue weighted by Gasteiger charge is 2.19. The molecule has 2 rings (SSSR count). The Morgan fingerprint density at radius 2 is 2.14 bits per heavy atom. The molecule has 0 fully saturated rings. The molecular weight excluding hydrogens is 284 g/mol. The first-order chi connectivity index (χ1) is 10.1. The van der Waals surface area contributed by atoms with Crippen LogP contribution in [0.25, 0.3) is 0 Å². The lowest BCUT2D eigenvalue weighted by molar-refractivity contribution is 0.303. The minimum Gasteiger partial charge on any atom is -0.409 e. The van der Waals surface area contributed by atoms with Crippen LogP contribution in [0.3, 0.4) is 0 Å². The van der Waals surface area contributed by atoms with Crippen LogP contribution < -0.4 is 5.73 Å². The molecule has 0 saturated carbocycles. The lowest BCUT2D eigenvalue weighted by atomic mass is 9.97. The Morgan fingerprint density at radius 1 is 1.43 bits per heavy atom. The number of benzene rings is 1. The van der Waals surface area contributed by atoms with Crippen LogP contribution in [0.2, 0.25) is 0 Å². The second-order valence-corrected chi connectivity index (χ2v) is 5.99. The lowest BCUT2D eigenvalue weighted by Gasteiger charge is -2.23. The predicted molar refractivity (Wildman–Crippen MR) is 85.8 cm³/mol. The van der Waals surface area contributed by atoms with Gasteiger partial charge in [-0.15, -0.1) is 11.3 Å². The summed E-state index contributed by atoms with van der Waals surface area (Å²) in [6.45, 7) is 3.49. The molecule has 112 valence electrons. The van der Waals surface area contributed by atoms with Gasteiger partial charge in [0.25, 0.3) is 0 Å². The van der Waals surface area contributed by atoms with E-state index >= 15 is 0 Å². The van der Waals surface area contributed by atoms with Gasteiger partial charge in [-0.3, -0.25) is 0 Å². The smallest absolute Gasteiger partial charge is 0.147 e. The maximum absolute atomic E-state index is 9.02. The van der Waals surface area contributed by atoms with Crippen molar-refractivity contribution in [2.45, 2.75) is 19.4 Å². The molecule has 0 spiro atoms. The lowest BCUT2D eigenvalue weighted by Crippen LogP contribution is -2.32. The van der Waals surface area contributed by atoms with E-state index in [-0.39, 0.29) is 11.8 Å². The largest absolute Gasteiger partial charge is 0.409 e. The summed E-state index contributed by atoms with van der Waals surface area (Å²) in [6.07, 6.45) is 0. The van der Waals surface area contributed by atoms with E-state index in [0.29, 0.717) is 6.54 Å². The minimum atomic E-state index is -0.130. The molecule has 6 heteroatoms. The number of aromatic nitrogens is 1. The molecule has 3 N–H and O–H groups in total. The quantitative estimate of drug-likeness (QED) is 0.372. The van der Waals surface area contributed by atoms with E-state index in [2.05, 4.69) is 15.0 Å². The van der Waals surface area contributed by atoms with Crippen LogP contribution in [0, 0.1) is 6.92 Å². The second kappa shape index (κ2) is 7.19. The van der Waals surface area contributed by atoms with Crippen molar-refractivity contribution in [3.05, 3.63) is 52.0 Å². The fourth-order valence-electron chi connectivity index (χ4n) is 2.22. The summed E-state index contributed by atoms with van der Waals surface area (Å²) < 4.78 is 0. The van der Waals surface area contributed by atoms with Crippen LogP contribution in [0.1, 0.15) is 22.1 Å². The Morgan fingerprint density at radius 3 is 2.71 bits per heavy atom. The highest BCUT2D eigenvalue weighted by atomic mass is 32.1. The van der Waals surface area contributed by atoms with Crippen molar-refractivity contribution in [3.63, 3.8) is 0 Å². The van der Waals surface area contributed by atoms with Crippen LogP contribution in [-0.4, -0.2) is 34.5 Å². The molecule has 0 radical (unpaired) electrons. The standard InChI is InChI=1S/C15H20N4OS/c1-11-14(21-10-17-11)9-19(2)8-13(15(16)18-20)12-6-4-3-5-7-12/h3-7,10,13,20H,8-9H2,1-2H3,(H2,16,18). The van der Waals surface area contributed by atoms with E-state index in [1.807, 2.05) is 49.8 Å². The average molecular weight is 304 g/mol. The van der Waals surface area contributed by atoms with Crippen LogP contribution in [-0.2, 0) is 6.54 Å². The first-order valence-electron chi connectivity index (χ1n) is 6.71. The Balaban J connectivity index is 2.10. The number of hydrogen-bond donors (Lipinski definition) is 2. The van der Waals surface area contributed by atoms with Gasteiger partial charge in [0.05, 0.1) is 17.1 Å². The van der Waals surface area contributed by atoms with Crippen molar-refractivity contribution in [2.75, 3.05) is 13.6 Å². The topological polar surface area (TPSA) is 74.7 Å². The summed E-state index contributed by atoms with van der Waals surface area (Å²) in [5.74, 6) is 0.100. The number of nitrogens with two attached hydrogens (primary N) is 1. The van der Waals surface area contributed by atoms with Crippen molar-refractivity contribution in [1.29, 1.82) is 0 Å². The molecule has 1 unspecified atom stereocenters. The van der Waals surface area contributed by atoms with Crippen molar-refractivity contribution < 1.29 is 5.21 Å². The molecule has 0 aliphatic heterocycles. The fourth-order valence-corrected chi connectivity index (χ4v) is 3.08. The van der Waals surface area contributed by atoms with Crippen molar-refractivity contribution in [1.82, 2.24) is 9.88 Å². The third-order valence-corrected chi connectivity index (χ3v) is 4.35. The molecule has 1 aromatic heterocycles. The summed E-state index contributed by atoms with van der Waals surface area (Å²) in [4.78, 5) is 7.66. The number of nitrogens with zero attached hydrogens (tertiary/aromatic N) is 3. The second-order valence-electron chi connectivity index (χ2n) is 5.05. The van der Waals surface area contributed by atoms with E-state index < -0.39 is 0 Å². The molecule has 0 amide bonds. The fraction of sp³-hybridized carbons (Fsp3) is 0.333. The van der Waals surface area contributed by atoms with Gasteiger partial charge in [0.15, 0.2) is 0 Å². The SMILES string of the molecule is Cc1ncsc1CN(C)CC(C(N)=NO)c1ccccc1. The normalized spacial score (nSPS) is 13.6. The third kappa shape index (κ3) is 4.03. The molecular formula is C15H20N4OS. The Kier molecular flexibility index (Phi) is 5.30. The molecule has 0 aliphatic rings. The van der Waals surface area contributed by atoms with E-state index in [0.717, 1.165) is 17.8 Å². The summed E-state index contributed by atoms with van der Waals surface area (Å²) >= 11 is 1.65. The van der Waals surface area contributed by atoms with Gasteiger partial charge in [-0.05, 0) is 19.5 Å². The summed E-state index contributed by atoms with van der Waals surface area (Å²) in [6, 6.07) is 9.86. The molecule has 1 atom stereocenters. The van der Waals surface area contributed by atoms with Crippen LogP contribution in [0.15, 0.2) is 41.0 Å². The molecule has 0 bridgehead atoms. The molecule has 21 heavy (non-hydrogen) atoms. The van der Waals surface area contributed by atoms with Gasteiger partial charge < -0.3 is 15.8 Å². The monoisotopic (exact) mass is 304 g/mol. The van der Waals surface area contributed by atoms with E-state index in [1.165, 1.54) is 4.88 Å². The van der Waals surface area contributed by atoms with E-state index in [1.54, 1.807) is 11.3 Å². The number of oxime groups is 1. The van der Waals surface area contributed by atoms with E-state index in [9.17, 15) is 0 Å². The highest BCUT2D eigenvalue weighted by Crippen LogP contribution is 2.20. The maximum atomic E-state index is 9.02. The van der Waals surface area contributed by atoms with E-state index in [4.69, 9.17) is 10.9 Å². The van der Waals surface area contributed by atoms with Gasteiger partial charge in [0.1, 0.15) is 5.84 Å². The maximum Gasteiger partial charge on any atom is 0.147 e. The Hall–Kier alpha value is -1.92. The van der Waals surface area contributed by atoms with Gasteiger partial charge in [0.2, 0.25) is 0 Å². The molecule has 0 aliphatic carbocycles. The van der Waals surface area contributed by atoms with Gasteiger partial charge in [-0.2, -0.15) is 0 Å². The number of hydrogen-bond acceptors (Lipinski definition) is 5. The van der Waals surface area contributed by atoms with Crippen LogP contribution in [0.5, 0.6) is 0 Å². The van der Waals surface area contributed by atoms with Gasteiger partial charge in [-0.25, -0.2) is 4.98 Å². The molecule has 1 aromatic carbocycles. The van der Waals surface area contributed by atoms with Crippen LogP contribution in [0.4, 0.5) is 0 Å². The van der Waals surface area contributed by atoms with Crippen LogP contribution >= 0.6 is 11.3 Å². The Labute approximate surface area is 128 Å². The zero-order valence-electron chi connectivity index (χ0n) is 12.2. The number of thiazole rings is 1. The summed E-state index contributed by atoms with van der Waals surface area (Å²) in [7, 11) is 2.03. The first kappa shape index (κ1) is 15.5. The zero-order chi connectivity index (χ0) is 15.2. The number of rotatable bonds is 6. The zero-order valence-corrected chi connectivity index (χ0v) is 13.0. The summed E-state index contributed by atoms with van der Waals surface area (Å²) in [5, 5.41) is 12.2. The molecule has 2 aromatic rings. The number of amidine groups is 1. The molecule has 1 heterocycles. The number of likely N-dealkylation sites (N-methyl/N-ethyl adjacent to an activating group) is 1. The van der Waals surface area contributed by atoms with Crippen molar-refractivity contribution in [2.24, 2.45) is 10.9 Å². The third-order valence-electron chi connectivity index (χ3n) is 3.43. The first-order valence-corrected chi connectivity index (χ1v) is 7.59. The average Bonchev–Trinajstić information content (AvgIpc) is 2.90. The molecule has 5 nitrogen and oxygen atoms in total. The number of aryl methyl sites for hydroxylation is 1. The summed E-state index contributed by atoms with van der Waals surface area (Å²) in [5.41, 5.74) is 9.83. The highest BCUT2D eigenvalue weighted by molar-refractivity contribution is 7.09. The van der Waals surface area contributed by atoms with Gasteiger partial charge >= 0.3 is 0 Å². The minimum absolute atomic E-state index is 0.130. The van der Waals surface area contributed by atoms with Crippen molar-refractivity contribution >= 4 is 17.2 Å².